The van der Waals surface area contributed by atoms with Gasteiger partial charge in [-0.2, -0.15) is 0 Å². The molecule has 1 N–H and O–H groups in total. The standard InChI is InChI=1S/C18H27ClN2O3/c1-12(2)15(21(3)4)11-20-17(22)10-13-8-14(19)18-16(9-13)23-6-5-7-24-18/h8-9,12,15H,5-7,10-11H2,1-4H3,(H,20,22)/t15-/m1/s1. The van der Waals surface area contributed by atoms with Crippen LogP contribution in [0.2, 0.25) is 5.02 Å². The number of carbonyl (C=O) groups is 1. The van der Waals surface area contributed by atoms with Crippen LogP contribution in [0.1, 0.15) is 25.8 Å². The number of likely N-dealkylation sites (N-methyl/N-ethyl adjacent to an activating group) is 1. The molecule has 1 aliphatic rings. The van der Waals surface area contributed by atoms with Gasteiger partial charge in [-0.25, -0.2) is 0 Å². The van der Waals surface area contributed by atoms with Crippen LogP contribution in [0.3, 0.4) is 0 Å². The lowest BCUT2D eigenvalue weighted by Gasteiger charge is -2.28. The zero-order valence-electron chi connectivity index (χ0n) is 14.9. The molecule has 134 valence electrons. The topological polar surface area (TPSA) is 50.8 Å². The summed E-state index contributed by atoms with van der Waals surface area (Å²) in [5.41, 5.74) is 0.827. The Morgan fingerprint density at radius 3 is 2.67 bits per heavy atom. The van der Waals surface area contributed by atoms with Gasteiger partial charge in [0.05, 0.1) is 24.7 Å². The largest absolute Gasteiger partial charge is 0.489 e. The molecule has 0 saturated heterocycles. The summed E-state index contributed by atoms with van der Waals surface area (Å²) in [6.07, 6.45) is 1.09. The number of amides is 1. The smallest absolute Gasteiger partial charge is 0.224 e. The Labute approximate surface area is 149 Å². The van der Waals surface area contributed by atoms with Crippen LogP contribution >= 0.6 is 11.6 Å². The lowest BCUT2D eigenvalue weighted by Crippen LogP contribution is -2.43. The fraction of sp³-hybridized carbons (Fsp3) is 0.611. The van der Waals surface area contributed by atoms with E-state index in [1.807, 2.05) is 20.2 Å². The summed E-state index contributed by atoms with van der Waals surface area (Å²) < 4.78 is 11.3. The molecule has 1 aliphatic heterocycles. The number of nitrogens with one attached hydrogen (secondary N) is 1. The Morgan fingerprint density at radius 2 is 2.00 bits per heavy atom. The van der Waals surface area contributed by atoms with Crippen LogP contribution in [0.5, 0.6) is 11.5 Å². The van der Waals surface area contributed by atoms with Crippen molar-refractivity contribution in [1.82, 2.24) is 10.2 Å². The molecule has 1 aromatic rings. The SMILES string of the molecule is CC(C)[C@@H](CNC(=O)Cc1cc(Cl)c2c(c1)OCCCO2)N(C)C. The highest BCUT2D eigenvalue weighted by Gasteiger charge is 2.19. The molecule has 1 heterocycles. The summed E-state index contributed by atoms with van der Waals surface area (Å²) in [7, 11) is 4.06. The Balaban J connectivity index is 1.99. The van der Waals surface area contributed by atoms with E-state index in [4.69, 9.17) is 21.1 Å². The van der Waals surface area contributed by atoms with Crippen molar-refractivity contribution in [2.24, 2.45) is 5.92 Å². The second-order valence-corrected chi connectivity index (χ2v) is 7.12. The molecule has 0 unspecified atom stereocenters. The third kappa shape index (κ3) is 5.02. The highest BCUT2D eigenvalue weighted by Crippen LogP contribution is 2.38. The molecule has 0 aromatic heterocycles. The average molecular weight is 355 g/mol. The van der Waals surface area contributed by atoms with Gasteiger partial charge in [0.2, 0.25) is 5.91 Å². The van der Waals surface area contributed by atoms with Crippen molar-refractivity contribution in [2.45, 2.75) is 32.7 Å². The van der Waals surface area contributed by atoms with Crippen LogP contribution in [-0.2, 0) is 11.2 Å². The highest BCUT2D eigenvalue weighted by molar-refractivity contribution is 6.32. The molecular formula is C18H27ClN2O3. The van der Waals surface area contributed by atoms with Crippen LogP contribution in [0.25, 0.3) is 0 Å². The number of carbonyl (C=O) groups excluding carboxylic acids is 1. The maximum absolute atomic E-state index is 12.3. The number of hydrogen-bond acceptors (Lipinski definition) is 4. The van der Waals surface area contributed by atoms with Crippen molar-refractivity contribution in [3.63, 3.8) is 0 Å². The number of hydrogen-bond donors (Lipinski definition) is 1. The molecule has 24 heavy (non-hydrogen) atoms. The predicted molar refractivity (Wildman–Crippen MR) is 96.1 cm³/mol. The first kappa shape index (κ1) is 18.9. The first-order chi connectivity index (χ1) is 11.4. The van der Waals surface area contributed by atoms with Crippen LogP contribution in [0, 0.1) is 5.92 Å². The monoisotopic (exact) mass is 354 g/mol. The van der Waals surface area contributed by atoms with Gasteiger partial charge in [-0.3, -0.25) is 4.79 Å². The Morgan fingerprint density at radius 1 is 1.29 bits per heavy atom. The fourth-order valence-corrected chi connectivity index (χ4v) is 3.15. The third-order valence-corrected chi connectivity index (χ3v) is 4.45. The molecule has 0 aliphatic carbocycles. The van der Waals surface area contributed by atoms with Crippen LogP contribution < -0.4 is 14.8 Å². The minimum absolute atomic E-state index is 0.0203. The predicted octanol–water partition coefficient (Wildman–Crippen LogP) is 2.75. The van der Waals surface area contributed by atoms with Crippen LogP contribution in [0.15, 0.2) is 12.1 Å². The summed E-state index contributed by atoms with van der Waals surface area (Å²) in [4.78, 5) is 14.4. The molecule has 1 atom stereocenters. The fourth-order valence-electron chi connectivity index (χ4n) is 2.87. The first-order valence-corrected chi connectivity index (χ1v) is 8.77. The van der Waals surface area contributed by atoms with E-state index in [1.165, 1.54) is 0 Å². The summed E-state index contributed by atoms with van der Waals surface area (Å²) in [5.74, 6) is 1.64. The number of ether oxygens (including phenoxy) is 2. The molecule has 6 heteroatoms. The summed E-state index contributed by atoms with van der Waals surface area (Å²) in [5, 5.41) is 3.50. The van der Waals surface area contributed by atoms with E-state index < -0.39 is 0 Å². The van der Waals surface area contributed by atoms with Gasteiger partial charge in [0.1, 0.15) is 0 Å². The number of rotatable bonds is 6. The van der Waals surface area contributed by atoms with E-state index in [0.717, 1.165) is 12.0 Å². The summed E-state index contributed by atoms with van der Waals surface area (Å²) in [6.45, 7) is 6.12. The lowest BCUT2D eigenvalue weighted by molar-refractivity contribution is -0.120. The van der Waals surface area contributed by atoms with Gasteiger partial charge in [-0.05, 0) is 37.7 Å². The second-order valence-electron chi connectivity index (χ2n) is 6.71. The van der Waals surface area contributed by atoms with Crippen molar-refractivity contribution in [3.05, 3.63) is 22.7 Å². The summed E-state index contributed by atoms with van der Waals surface area (Å²) in [6, 6.07) is 3.93. The van der Waals surface area contributed by atoms with E-state index in [9.17, 15) is 4.79 Å². The number of nitrogens with zero attached hydrogens (tertiary/aromatic N) is 1. The van der Waals surface area contributed by atoms with Crippen molar-refractivity contribution in [1.29, 1.82) is 0 Å². The molecule has 0 radical (unpaired) electrons. The number of halogens is 1. The molecule has 5 nitrogen and oxygen atoms in total. The maximum Gasteiger partial charge on any atom is 0.224 e. The maximum atomic E-state index is 12.3. The van der Waals surface area contributed by atoms with Gasteiger partial charge >= 0.3 is 0 Å². The molecule has 1 amide bonds. The quantitative estimate of drug-likeness (QED) is 0.853. The second kappa shape index (κ2) is 8.58. The lowest BCUT2D eigenvalue weighted by atomic mass is 10.0. The zero-order valence-corrected chi connectivity index (χ0v) is 15.7. The molecule has 0 bridgehead atoms. The van der Waals surface area contributed by atoms with Crippen LogP contribution in [0.4, 0.5) is 0 Å². The number of fused-ring (bicyclic) bond motifs is 1. The van der Waals surface area contributed by atoms with E-state index in [-0.39, 0.29) is 12.3 Å². The molecule has 0 saturated carbocycles. The van der Waals surface area contributed by atoms with E-state index in [0.29, 0.717) is 48.2 Å². The number of benzene rings is 1. The van der Waals surface area contributed by atoms with Gasteiger partial charge < -0.3 is 19.7 Å². The normalized spacial score (nSPS) is 15.3. The molecule has 0 spiro atoms. The van der Waals surface area contributed by atoms with Crippen molar-refractivity contribution >= 4 is 17.5 Å². The van der Waals surface area contributed by atoms with Gasteiger partial charge in [-0.15, -0.1) is 0 Å². The van der Waals surface area contributed by atoms with Crippen molar-refractivity contribution < 1.29 is 14.3 Å². The third-order valence-electron chi connectivity index (χ3n) is 4.17. The molecule has 0 fully saturated rings. The van der Waals surface area contributed by atoms with E-state index in [1.54, 1.807) is 6.07 Å². The molecule has 1 aromatic carbocycles. The molecule has 2 rings (SSSR count). The van der Waals surface area contributed by atoms with E-state index >= 15 is 0 Å². The average Bonchev–Trinajstić information content (AvgIpc) is 2.72. The van der Waals surface area contributed by atoms with Gasteiger partial charge in [0.25, 0.3) is 0 Å². The minimum atomic E-state index is -0.0203. The van der Waals surface area contributed by atoms with Gasteiger partial charge in [-0.1, -0.05) is 25.4 Å². The first-order valence-electron chi connectivity index (χ1n) is 8.39. The minimum Gasteiger partial charge on any atom is -0.489 e. The zero-order chi connectivity index (χ0) is 17.7. The van der Waals surface area contributed by atoms with E-state index in [2.05, 4.69) is 24.1 Å². The van der Waals surface area contributed by atoms with Crippen molar-refractivity contribution in [2.75, 3.05) is 33.9 Å². The van der Waals surface area contributed by atoms with Gasteiger partial charge in [0.15, 0.2) is 11.5 Å². The highest BCUT2D eigenvalue weighted by atomic mass is 35.5. The van der Waals surface area contributed by atoms with Crippen molar-refractivity contribution in [3.8, 4) is 11.5 Å². The Bertz CT molecular complexity index is 568. The molecular weight excluding hydrogens is 328 g/mol. The summed E-state index contributed by atoms with van der Waals surface area (Å²) >= 11 is 6.27. The van der Waals surface area contributed by atoms with Crippen LogP contribution in [-0.4, -0.2) is 50.7 Å². The Kier molecular flexibility index (Phi) is 6.75. The van der Waals surface area contributed by atoms with Gasteiger partial charge in [0, 0.05) is 19.0 Å². The Hall–Kier alpha value is -1.46.